The summed E-state index contributed by atoms with van der Waals surface area (Å²) in [6.07, 6.45) is 0. The molecule has 0 bridgehead atoms. The van der Waals surface area contributed by atoms with Crippen molar-refractivity contribution in [3.8, 4) is 6.07 Å². The standard InChI is InChI=1S/C10H12N2OS/c1-6(2)9(13)12-10-8(5-11)4-7(3)14-10/h4,6H,1-3H3,(H,12,13). The largest absolute Gasteiger partial charge is 0.316 e. The van der Waals surface area contributed by atoms with Crippen LogP contribution in [0.4, 0.5) is 5.00 Å². The molecule has 0 unspecified atom stereocenters. The average Bonchev–Trinajstić information content (AvgIpc) is 2.45. The lowest BCUT2D eigenvalue weighted by Gasteiger charge is -2.04. The number of amides is 1. The third-order valence-corrected chi connectivity index (χ3v) is 2.70. The van der Waals surface area contributed by atoms with E-state index in [-0.39, 0.29) is 11.8 Å². The van der Waals surface area contributed by atoms with Crippen molar-refractivity contribution < 1.29 is 4.79 Å². The van der Waals surface area contributed by atoms with E-state index in [9.17, 15) is 4.79 Å². The number of nitrogens with zero attached hydrogens (tertiary/aromatic N) is 1. The molecule has 3 nitrogen and oxygen atoms in total. The lowest BCUT2D eigenvalue weighted by molar-refractivity contribution is -0.118. The van der Waals surface area contributed by atoms with Crippen molar-refractivity contribution in [2.45, 2.75) is 20.8 Å². The van der Waals surface area contributed by atoms with Gasteiger partial charge in [0.25, 0.3) is 0 Å². The summed E-state index contributed by atoms with van der Waals surface area (Å²) in [5, 5.41) is 12.2. The van der Waals surface area contributed by atoms with Gasteiger partial charge in [-0.2, -0.15) is 5.26 Å². The quantitative estimate of drug-likeness (QED) is 0.812. The molecule has 0 aromatic carbocycles. The topological polar surface area (TPSA) is 52.9 Å². The van der Waals surface area contributed by atoms with Gasteiger partial charge in [0.2, 0.25) is 5.91 Å². The lowest BCUT2D eigenvalue weighted by atomic mass is 10.2. The number of thiophene rings is 1. The second-order valence-corrected chi connectivity index (χ2v) is 4.61. The van der Waals surface area contributed by atoms with Gasteiger partial charge in [0, 0.05) is 10.8 Å². The van der Waals surface area contributed by atoms with Crippen LogP contribution in [0, 0.1) is 24.2 Å². The van der Waals surface area contributed by atoms with E-state index in [0.717, 1.165) is 4.88 Å². The number of carbonyl (C=O) groups excluding carboxylic acids is 1. The zero-order chi connectivity index (χ0) is 10.7. The van der Waals surface area contributed by atoms with Crippen LogP contribution in [0.3, 0.4) is 0 Å². The predicted octanol–water partition coefficient (Wildman–Crippen LogP) is 2.52. The fourth-order valence-corrected chi connectivity index (χ4v) is 1.81. The van der Waals surface area contributed by atoms with Crippen molar-refractivity contribution in [3.05, 3.63) is 16.5 Å². The van der Waals surface area contributed by atoms with E-state index < -0.39 is 0 Å². The molecule has 0 saturated carbocycles. The molecular formula is C10H12N2OS. The Hall–Kier alpha value is -1.34. The Morgan fingerprint density at radius 2 is 2.29 bits per heavy atom. The molecule has 4 heteroatoms. The highest BCUT2D eigenvalue weighted by atomic mass is 32.1. The van der Waals surface area contributed by atoms with Gasteiger partial charge in [-0.3, -0.25) is 4.79 Å². The Labute approximate surface area is 87.4 Å². The second kappa shape index (κ2) is 4.25. The van der Waals surface area contributed by atoms with E-state index in [1.165, 1.54) is 11.3 Å². The highest BCUT2D eigenvalue weighted by molar-refractivity contribution is 7.16. The Morgan fingerprint density at radius 1 is 1.64 bits per heavy atom. The first kappa shape index (κ1) is 10.7. The van der Waals surface area contributed by atoms with E-state index in [0.29, 0.717) is 10.6 Å². The van der Waals surface area contributed by atoms with Crippen molar-refractivity contribution in [1.29, 1.82) is 5.26 Å². The van der Waals surface area contributed by atoms with Crippen LogP contribution >= 0.6 is 11.3 Å². The number of nitriles is 1. The first-order valence-corrected chi connectivity index (χ1v) is 5.17. The number of carbonyl (C=O) groups is 1. The van der Waals surface area contributed by atoms with Crippen molar-refractivity contribution in [2.75, 3.05) is 5.32 Å². The van der Waals surface area contributed by atoms with Gasteiger partial charge in [-0.15, -0.1) is 11.3 Å². The highest BCUT2D eigenvalue weighted by Gasteiger charge is 2.12. The zero-order valence-corrected chi connectivity index (χ0v) is 9.23. The molecular weight excluding hydrogens is 196 g/mol. The van der Waals surface area contributed by atoms with Crippen molar-refractivity contribution in [1.82, 2.24) is 0 Å². The first-order valence-electron chi connectivity index (χ1n) is 4.36. The first-order chi connectivity index (χ1) is 6.54. The molecule has 0 atom stereocenters. The monoisotopic (exact) mass is 208 g/mol. The van der Waals surface area contributed by atoms with E-state index in [2.05, 4.69) is 11.4 Å². The van der Waals surface area contributed by atoms with Crippen LogP contribution in [-0.4, -0.2) is 5.91 Å². The van der Waals surface area contributed by atoms with Crippen LogP contribution in [0.15, 0.2) is 6.07 Å². The maximum absolute atomic E-state index is 11.4. The lowest BCUT2D eigenvalue weighted by Crippen LogP contribution is -2.17. The van der Waals surface area contributed by atoms with Gasteiger partial charge in [0.1, 0.15) is 11.1 Å². The zero-order valence-electron chi connectivity index (χ0n) is 8.42. The summed E-state index contributed by atoms with van der Waals surface area (Å²) in [6, 6.07) is 3.83. The Bertz CT molecular complexity index is 387. The van der Waals surface area contributed by atoms with Crippen LogP contribution in [0.1, 0.15) is 24.3 Å². The van der Waals surface area contributed by atoms with Gasteiger partial charge in [-0.1, -0.05) is 13.8 Å². The number of hydrogen-bond acceptors (Lipinski definition) is 3. The van der Waals surface area contributed by atoms with Gasteiger partial charge in [-0.05, 0) is 13.0 Å². The molecule has 1 aromatic rings. The molecule has 0 saturated heterocycles. The summed E-state index contributed by atoms with van der Waals surface area (Å²) in [5.74, 6) is -0.118. The highest BCUT2D eigenvalue weighted by Crippen LogP contribution is 2.26. The Kier molecular flexibility index (Phi) is 3.26. The Balaban J connectivity index is 2.87. The molecule has 74 valence electrons. The fourth-order valence-electron chi connectivity index (χ4n) is 0.946. The molecule has 1 N–H and O–H groups in total. The fraction of sp³-hybridized carbons (Fsp3) is 0.400. The van der Waals surface area contributed by atoms with E-state index in [4.69, 9.17) is 5.26 Å². The molecule has 1 rings (SSSR count). The van der Waals surface area contributed by atoms with E-state index in [1.807, 2.05) is 20.8 Å². The van der Waals surface area contributed by atoms with Crippen LogP contribution in [-0.2, 0) is 4.79 Å². The summed E-state index contributed by atoms with van der Waals surface area (Å²) >= 11 is 1.43. The van der Waals surface area contributed by atoms with E-state index in [1.54, 1.807) is 6.07 Å². The summed E-state index contributed by atoms with van der Waals surface area (Å²) in [4.78, 5) is 12.4. The number of hydrogen-bond donors (Lipinski definition) is 1. The van der Waals surface area contributed by atoms with Crippen LogP contribution in [0.5, 0.6) is 0 Å². The number of rotatable bonds is 2. The van der Waals surface area contributed by atoms with Crippen molar-refractivity contribution in [3.63, 3.8) is 0 Å². The van der Waals surface area contributed by atoms with Gasteiger partial charge in [0.15, 0.2) is 0 Å². The van der Waals surface area contributed by atoms with E-state index >= 15 is 0 Å². The van der Waals surface area contributed by atoms with Gasteiger partial charge < -0.3 is 5.32 Å². The summed E-state index contributed by atoms with van der Waals surface area (Å²) in [6.45, 7) is 5.56. The summed E-state index contributed by atoms with van der Waals surface area (Å²) < 4.78 is 0. The Morgan fingerprint density at radius 3 is 2.79 bits per heavy atom. The molecule has 0 aliphatic rings. The number of aryl methyl sites for hydroxylation is 1. The molecule has 1 heterocycles. The normalized spacial score (nSPS) is 9.93. The van der Waals surface area contributed by atoms with Gasteiger partial charge >= 0.3 is 0 Å². The van der Waals surface area contributed by atoms with Gasteiger partial charge in [-0.25, -0.2) is 0 Å². The molecule has 0 aliphatic carbocycles. The molecule has 1 amide bonds. The molecule has 1 aromatic heterocycles. The molecule has 0 aliphatic heterocycles. The molecule has 0 radical (unpaired) electrons. The van der Waals surface area contributed by atoms with Gasteiger partial charge in [0.05, 0.1) is 5.56 Å². The van der Waals surface area contributed by atoms with Crippen LogP contribution in [0.2, 0.25) is 0 Å². The minimum atomic E-state index is -0.0658. The smallest absolute Gasteiger partial charge is 0.227 e. The second-order valence-electron chi connectivity index (χ2n) is 3.36. The molecule has 0 fully saturated rings. The minimum Gasteiger partial charge on any atom is -0.316 e. The molecule has 0 spiro atoms. The van der Waals surface area contributed by atoms with Crippen molar-refractivity contribution in [2.24, 2.45) is 5.92 Å². The number of anilines is 1. The SMILES string of the molecule is Cc1cc(C#N)c(NC(=O)C(C)C)s1. The summed E-state index contributed by atoms with van der Waals surface area (Å²) in [5.41, 5.74) is 0.543. The number of nitrogens with one attached hydrogen (secondary N) is 1. The van der Waals surface area contributed by atoms with Crippen LogP contribution < -0.4 is 5.32 Å². The maximum atomic E-state index is 11.4. The maximum Gasteiger partial charge on any atom is 0.227 e. The van der Waals surface area contributed by atoms with Crippen LogP contribution in [0.25, 0.3) is 0 Å². The molecule has 14 heavy (non-hydrogen) atoms. The third kappa shape index (κ3) is 2.33. The minimum absolute atomic E-state index is 0.0525. The predicted molar refractivity (Wildman–Crippen MR) is 57.2 cm³/mol. The summed E-state index contributed by atoms with van der Waals surface area (Å²) in [7, 11) is 0. The van der Waals surface area contributed by atoms with Crippen molar-refractivity contribution >= 4 is 22.2 Å². The third-order valence-electron chi connectivity index (χ3n) is 1.74. The average molecular weight is 208 g/mol.